The standard InChI is InChI=1S/C19H20N2O4/c1-24-18(22)15-14-8-13(9-20)11-21(10-12-6-4-3-5-7-12)17(14)16(15)19(23)25-2/h3-7,11,14-17H,8,10H2,1-2H3. The first-order valence-corrected chi connectivity index (χ1v) is 8.16. The zero-order valence-corrected chi connectivity index (χ0v) is 14.2. The molecule has 1 heterocycles. The van der Waals surface area contributed by atoms with E-state index in [-0.39, 0.29) is 12.0 Å². The first-order chi connectivity index (χ1) is 12.1. The second kappa shape index (κ2) is 6.98. The number of carbonyl (C=O) groups excluding carboxylic acids is 2. The van der Waals surface area contributed by atoms with Crippen LogP contribution in [0.5, 0.6) is 0 Å². The van der Waals surface area contributed by atoms with Crippen molar-refractivity contribution in [3.63, 3.8) is 0 Å². The van der Waals surface area contributed by atoms with Gasteiger partial charge in [0.25, 0.3) is 0 Å². The Labute approximate surface area is 146 Å². The van der Waals surface area contributed by atoms with E-state index < -0.39 is 23.8 Å². The van der Waals surface area contributed by atoms with Crippen LogP contribution in [0, 0.1) is 29.1 Å². The number of carbonyl (C=O) groups is 2. The second-order valence-corrected chi connectivity index (χ2v) is 6.38. The summed E-state index contributed by atoms with van der Waals surface area (Å²) in [5, 5.41) is 9.35. The van der Waals surface area contributed by atoms with Gasteiger partial charge in [-0.15, -0.1) is 0 Å². The Hall–Kier alpha value is -2.81. The number of hydrogen-bond donors (Lipinski definition) is 0. The van der Waals surface area contributed by atoms with Gasteiger partial charge in [0, 0.05) is 24.4 Å². The first-order valence-electron chi connectivity index (χ1n) is 8.16. The highest BCUT2D eigenvalue weighted by Gasteiger charge is 2.61. The van der Waals surface area contributed by atoms with Crippen LogP contribution in [0.25, 0.3) is 0 Å². The Kier molecular flexibility index (Phi) is 4.75. The highest BCUT2D eigenvalue weighted by atomic mass is 16.5. The fraction of sp³-hybridized carbons (Fsp3) is 0.421. The zero-order valence-electron chi connectivity index (χ0n) is 14.2. The number of methoxy groups -OCH3 is 2. The summed E-state index contributed by atoms with van der Waals surface area (Å²) >= 11 is 0. The van der Waals surface area contributed by atoms with E-state index in [2.05, 4.69) is 6.07 Å². The van der Waals surface area contributed by atoms with Gasteiger partial charge in [0.2, 0.25) is 0 Å². The summed E-state index contributed by atoms with van der Waals surface area (Å²) in [6, 6.07) is 11.8. The van der Waals surface area contributed by atoms with Crippen molar-refractivity contribution in [1.82, 2.24) is 4.90 Å². The number of fused-ring (bicyclic) bond motifs is 1. The predicted octanol–water partition coefficient (Wildman–Crippen LogP) is 1.88. The van der Waals surface area contributed by atoms with E-state index in [0.29, 0.717) is 18.5 Å². The Morgan fingerprint density at radius 3 is 2.40 bits per heavy atom. The van der Waals surface area contributed by atoms with Gasteiger partial charge >= 0.3 is 11.9 Å². The molecule has 2 aliphatic rings. The molecule has 0 N–H and O–H groups in total. The minimum absolute atomic E-state index is 0.125. The molecule has 1 aromatic rings. The van der Waals surface area contributed by atoms with E-state index in [9.17, 15) is 14.9 Å². The molecule has 130 valence electrons. The lowest BCUT2D eigenvalue weighted by atomic mass is 9.57. The largest absolute Gasteiger partial charge is 0.469 e. The fourth-order valence-corrected chi connectivity index (χ4v) is 4.00. The summed E-state index contributed by atoms with van der Waals surface area (Å²) in [5.74, 6) is -2.11. The van der Waals surface area contributed by atoms with Crippen LogP contribution in [0.1, 0.15) is 12.0 Å². The molecule has 0 radical (unpaired) electrons. The van der Waals surface area contributed by atoms with Crippen molar-refractivity contribution in [3.8, 4) is 6.07 Å². The number of nitrogens with zero attached hydrogens (tertiary/aromatic N) is 2. The Bertz CT molecular complexity index is 738. The van der Waals surface area contributed by atoms with Crippen LogP contribution < -0.4 is 0 Å². The van der Waals surface area contributed by atoms with Crippen LogP contribution in [-0.2, 0) is 25.6 Å². The van der Waals surface area contributed by atoms with Gasteiger partial charge in [-0.05, 0) is 17.9 Å². The van der Waals surface area contributed by atoms with Gasteiger partial charge in [-0.3, -0.25) is 9.59 Å². The summed E-state index contributed by atoms with van der Waals surface area (Å²) in [6.07, 6.45) is 2.28. The predicted molar refractivity (Wildman–Crippen MR) is 88.6 cm³/mol. The van der Waals surface area contributed by atoms with Crippen molar-refractivity contribution in [1.29, 1.82) is 5.26 Å². The monoisotopic (exact) mass is 340 g/mol. The molecule has 1 fully saturated rings. The molecule has 1 aliphatic carbocycles. The van der Waals surface area contributed by atoms with Crippen LogP contribution in [0.3, 0.4) is 0 Å². The Balaban J connectivity index is 1.93. The highest BCUT2D eigenvalue weighted by molar-refractivity contribution is 5.85. The van der Waals surface area contributed by atoms with E-state index in [1.165, 1.54) is 14.2 Å². The van der Waals surface area contributed by atoms with E-state index in [0.717, 1.165) is 5.56 Å². The summed E-state index contributed by atoms with van der Waals surface area (Å²) in [6.45, 7) is 0.564. The summed E-state index contributed by atoms with van der Waals surface area (Å²) in [7, 11) is 2.64. The van der Waals surface area contributed by atoms with Gasteiger partial charge in [0.15, 0.2) is 0 Å². The number of hydrogen-bond acceptors (Lipinski definition) is 6. The third kappa shape index (κ3) is 2.98. The molecule has 4 unspecified atom stereocenters. The number of ether oxygens (including phenoxy) is 2. The molecule has 1 aromatic carbocycles. The minimum atomic E-state index is -0.581. The number of esters is 2. The third-order valence-electron chi connectivity index (χ3n) is 5.11. The smallest absolute Gasteiger partial charge is 0.311 e. The first kappa shape index (κ1) is 17.0. The topological polar surface area (TPSA) is 79.6 Å². The van der Waals surface area contributed by atoms with Crippen molar-refractivity contribution in [2.45, 2.75) is 19.0 Å². The summed E-state index contributed by atoms with van der Waals surface area (Å²) in [4.78, 5) is 26.5. The fourth-order valence-electron chi connectivity index (χ4n) is 4.00. The maximum Gasteiger partial charge on any atom is 0.311 e. The molecule has 4 atom stereocenters. The quantitative estimate of drug-likeness (QED) is 0.779. The molecule has 1 aliphatic heterocycles. The normalized spacial score (nSPS) is 27.2. The van der Waals surface area contributed by atoms with Gasteiger partial charge in [0.05, 0.1) is 32.1 Å². The van der Waals surface area contributed by atoms with E-state index in [4.69, 9.17) is 9.47 Å². The van der Waals surface area contributed by atoms with Gasteiger partial charge in [-0.1, -0.05) is 30.3 Å². The molecule has 0 amide bonds. The number of benzene rings is 1. The van der Waals surface area contributed by atoms with Crippen molar-refractivity contribution in [3.05, 3.63) is 47.7 Å². The van der Waals surface area contributed by atoms with Crippen LogP contribution in [0.15, 0.2) is 42.1 Å². The van der Waals surface area contributed by atoms with Crippen LogP contribution in [0.4, 0.5) is 0 Å². The summed E-state index contributed by atoms with van der Waals surface area (Å²) < 4.78 is 9.80. The van der Waals surface area contributed by atoms with Gasteiger partial charge in [-0.2, -0.15) is 5.26 Å². The molecule has 6 heteroatoms. The lowest BCUT2D eigenvalue weighted by molar-refractivity contribution is -0.181. The molecular formula is C19H20N2O4. The zero-order chi connectivity index (χ0) is 18.0. The molecule has 25 heavy (non-hydrogen) atoms. The number of rotatable bonds is 4. The van der Waals surface area contributed by atoms with Gasteiger partial charge in [-0.25, -0.2) is 0 Å². The van der Waals surface area contributed by atoms with E-state index >= 15 is 0 Å². The lowest BCUT2D eigenvalue weighted by Crippen LogP contribution is -2.65. The van der Waals surface area contributed by atoms with Crippen LogP contribution >= 0.6 is 0 Å². The Morgan fingerprint density at radius 2 is 1.80 bits per heavy atom. The van der Waals surface area contributed by atoms with E-state index in [1.54, 1.807) is 6.20 Å². The van der Waals surface area contributed by atoms with Gasteiger partial charge < -0.3 is 14.4 Å². The van der Waals surface area contributed by atoms with Crippen molar-refractivity contribution in [2.24, 2.45) is 17.8 Å². The number of nitriles is 1. The summed E-state index contributed by atoms with van der Waals surface area (Å²) in [5.41, 5.74) is 1.68. The SMILES string of the molecule is COC(=O)C1C2CC(C#N)=CN(Cc3ccccc3)C2C1C(=O)OC. The van der Waals surface area contributed by atoms with Crippen molar-refractivity contribution >= 4 is 11.9 Å². The lowest BCUT2D eigenvalue weighted by Gasteiger charge is -2.55. The number of allylic oxidation sites excluding steroid dienone is 1. The molecule has 0 saturated heterocycles. The molecule has 6 nitrogen and oxygen atoms in total. The average Bonchev–Trinajstić information content (AvgIpc) is 2.63. The maximum atomic E-state index is 12.3. The maximum absolute atomic E-state index is 12.3. The van der Waals surface area contributed by atoms with Gasteiger partial charge in [0.1, 0.15) is 0 Å². The van der Waals surface area contributed by atoms with Crippen LogP contribution in [0.2, 0.25) is 0 Å². The molecule has 3 rings (SSSR count). The average molecular weight is 340 g/mol. The molecule has 0 spiro atoms. The van der Waals surface area contributed by atoms with Crippen LogP contribution in [-0.4, -0.2) is 37.1 Å². The third-order valence-corrected chi connectivity index (χ3v) is 5.11. The minimum Gasteiger partial charge on any atom is -0.469 e. The second-order valence-electron chi connectivity index (χ2n) is 6.38. The molecule has 0 aromatic heterocycles. The highest BCUT2D eigenvalue weighted by Crippen LogP contribution is 2.51. The molecular weight excluding hydrogens is 320 g/mol. The molecule has 0 bridgehead atoms. The Morgan fingerprint density at radius 1 is 1.16 bits per heavy atom. The van der Waals surface area contributed by atoms with E-state index in [1.807, 2.05) is 35.2 Å². The van der Waals surface area contributed by atoms with Crippen molar-refractivity contribution in [2.75, 3.05) is 14.2 Å². The molecule has 1 saturated carbocycles. The van der Waals surface area contributed by atoms with Crippen molar-refractivity contribution < 1.29 is 19.1 Å².